The van der Waals surface area contributed by atoms with Gasteiger partial charge in [-0.1, -0.05) is 376 Å². The zero-order valence-electron chi connectivity index (χ0n) is 60.1. The molecular formula is C101H65BN9. The lowest BCUT2D eigenvalue weighted by Gasteiger charge is -2.16. The summed E-state index contributed by atoms with van der Waals surface area (Å²) >= 11 is 0. The van der Waals surface area contributed by atoms with Crippen molar-refractivity contribution in [3.8, 4) is 147 Å². The maximum Gasteiger partial charge on any atom is 0.164 e. The van der Waals surface area contributed by atoms with E-state index in [-0.39, 0.29) is 8.41 Å². The Hall–Kier alpha value is -14.9. The van der Waals surface area contributed by atoms with Crippen LogP contribution in [0.25, 0.3) is 201 Å². The lowest BCUT2D eigenvalue weighted by atomic mass is 9.87. The molecule has 17 aromatic carbocycles. The minimum absolute atomic E-state index is 0. The van der Waals surface area contributed by atoms with E-state index >= 15 is 0 Å². The van der Waals surface area contributed by atoms with Gasteiger partial charge in [-0.3, -0.25) is 0 Å². The fourth-order valence-corrected chi connectivity index (χ4v) is 14.7. The van der Waals surface area contributed by atoms with Gasteiger partial charge >= 0.3 is 0 Å². The summed E-state index contributed by atoms with van der Waals surface area (Å²) in [6.07, 6.45) is 0. The summed E-state index contributed by atoms with van der Waals surface area (Å²) < 4.78 is 0. The molecule has 9 nitrogen and oxygen atoms in total. The number of rotatable bonds is 13. The van der Waals surface area contributed by atoms with Gasteiger partial charge in [-0.2, -0.15) is 0 Å². The van der Waals surface area contributed by atoms with Crippen LogP contribution in [-0.2, 0) is 0 Å². The molecule has 0 N–H and O–H groups in total. The van der Waals surface area contributed by atoms with E-state index < -0.39 is 0 Å². The highest BCUT2D eigenvalue weighted by molar-refractivity contribution is 6.26. The molecule has 0 saturated carbocycles. The molecule has 517 valence electrons. The molecule has 20 rings (SSSR count). The normalized spacial score (nSPS) is 11.2. The first-order valence-electron chi connectivity index (χ1n) is 36.8. The molecule has 0 aliphatic rings. The van der Waals surface area contributed by atoms with Gasteiger partial charge in [0.15, 0.2) is 52.4 Å². The van der Waals surface area contributed by atoms with E-state index in [1.807, 2.05) is 182 Å². The molecule has 0 fully saturated rings. The molecule has 20 aromatic rings. The smallest absolute Gasteiger partial charge is 0.164 e. The van der Waals surface area contributed by atoms with E-state index in [2.05, 4.69) is 212 Å². The van der Waals surface area contributed by atoms with Gasteiger partial charge in [0.1, 0.15) is 0 Å². The van der Waals surface area contributed by atoms with Crippen molar-refractivity contribution in [3.05, 3.63) is 394 Å². The minimum atomic E-state index is 0. The van der Waals surface area contributed by atoms with Crippen LogP contribution < -0.4 is 0 Å². The Balaban J connectivity index is 0.000000155. The minimum Gasteiger partial charge on any atom is -0.208 e. The first-order chi connectivity index (χ1) is 54.5. The Kier molecular flexibility index (Phi) is 18.5. The van der Waals surface area contributed by atoms with Crippen molar-refractivity contribution in [2.75, 3.05) is 0 Å². The number of fused-ring (bicyclic) bond motifs is 8. The van der Waals surface area contributed by atoms with Crippen LogP contribution in [0.1, 0.15) is 0 Å². The van der Waals surface area contributed by atoms with Gasteiger partial charge in [0, 0.05) is 58.5 Å². The highest BCUT2D eigenvalue weighted by atomic mass is 15.1. The van der Waals surface area contributed by atoms with Gasteiger partial charge in [-0.05, 0) is 117 Å². The lowest BCUT2D eigenvalue weighted by molar-refractivity contribution is 1.07. The zero-order chi connectivity index (χ0) is 73.1. The highest BCUT2D eigenvalue weighted by Crippen LogP contribution is 2.43. The van der Waals surface area contributed by atoms with E-state index in [1.165, 1.54) is 65.2 Å². The summed E-state index contributed by atoms with van der Waals surface area (Å²) in [6.45, 7) is 0. The molecule has 0 aliphatic carbocycles. The van der Waals surface area contributed by atoms with Crippen molar-refractivity contribution < 1.29 is 0 Å². The molecule has 0 bridgehead atoms. The van der Waals surface area contributed by atoms with Crippen LogP contribution in [-0.4, -0.2) is 53.3 Å². The van der Waals surface area contributed by atoms with Crippen LogP contribution in [0.15, 0.2) is 394 Å². The molecule has 0 saturated heterocycles. The van der Waals surface area contributed by atoms with Crippen LogP contribution in [0.2, 0.25) is 0 Å². The first kappa shape index (κ1) is 68.0. The zero-order valence-corrected chi connectivity index (χ0v) is 60.1. The summed E-state index contributed by atoms with van der Waals surface area (Å²) in [6, 6.07) is 137. The van der Waals surface area contributed by atoms with Gasteiger partial charge in [0.05, 0.1) is 0 Å². The van der Waals surface area contributed by atoms with Crippen molar-refractivity contribution in [1.29, 1.82) is 0 Å². The third-order valence-electron chi connectivity index (χ3n) is 20.3. The average molecular weight is 1420 g/mol. The summed E-state index contributed by atoms with van der Waals surface area (Å²) in [7, 11) is 0. The number of benzene rings is 17. The van der Waals surface area contributed by atoms with Gasteiger partial charge < -0.3 is 0 Å². The molecule has 3 aromatic heterocycles. The highest BCUT2D eigenvalue weighted by Gasteiger charge is 2.20. The van der Waals surface area contributed by atoms with Gasteiger partial charge in [0.25, 0.3) is 0 Å². The summed E-state index contributed by atoms with van der Waals surface area (Å²) in [5, 5.41) is 12.4. The second kappa shape index (κ2) is 30.2. The largest absolute Gasteiger partial charge is 0.208 e. The van der Waals surface area contributed by atoms with E-state index in [4.69, 9.17) is 44.9 Å². The van der Waals surface area contributed by atoms with E-state index in [9.17, 15) is 0 Å². The Bertz CT molecular complexity index is 6370. The topological polar surface area (TPSA) is 116 Å². The summed E-state index contributed by atoms with van der Waals surface area (Å²) in [4.78, 5) is 44.1. The van der Waals surface area contributed by atoms with E-state index in [0.29, 0.717) is 52.4 Å². The number of hydrogen-bond acceptors (Lipinski definition) is 9. The molecule has 0 spiro atoms. The Morgan fingerprint density at radius 2 is 0.360 bits per heavy atom. The monoisotopic (exact) mass is 1410 g/mol. The average Bonchev–Trinajstić information content (AvgIpc) is 0.736. The van der Waals surface area contributed by atoms with Gasteiger partial charge in [0.2, 0.25) is 0 Å². The van der Waals surface area contributed by atoms with E-state index in [1.54, 1.807) is 0 Å². The van der Waals surface area contributed by atoms with Gasteiger partial charge in [-0.25, -0.2) is 44.9 Å². The molecule has 3 heterocycles. The fraction of sp³-hybridized carbons (Fsp3) is 0. The van der Waals surface area contributed by atoms with E-state index in [0.717, 1.165) is 83.3 Å². The van der Waals surface area contributed by atoms with Crippen molar-refractivity contribution >= 4 is 62.3 Å². The second-order valence-corrected chi connectivity index (χ2v) is 27.2. The number of nitrogens with zero attached hydrogens (tertiary/aromatic N) is 9. The molecular weight excluding hydrogens is 1350 g/mol. The third-order valence-corrected chi connectivity index (χ3v) is 20.3. The summed E-state index contributed by atoms with van der Waals surface area (Å²) in [5.74, 6) is 5.81. The SMILES string of the molecule is [B].c1ccc(-c2nc(-c3ccccc3)nc(-c3ccc(-c4c(-c5ccc6c7ccccc7c7ccccc7c6c5)ccc5ccccc45)cc3)n2)cc1.c1ccc(-c2nc(-c3ccccc3)nc(-c3ccc(-c4ccc5ccc(-c6ccc(-c7nc(-c8ccccc8)nc(-c8ccccc8)n7)cc6)cc5c4)cc3)n2)cc1. The second-order valence-electron chi connectivity index (χ2n) is 27.2. The Morgan fingerprint density at radius 3 is 0.694 bits per heavy atom. The van der Waals surface area contributed by atoms with Crippen LogP contribution in [0.5, 0.6) is 0 Å². The predicted octanol–water partition coefficient (Wildman–Crippen LogP) is 25.0. The van der Waals surface area contributed by atoms with Crippen LogP contribution >= 0.6 is 0 Å². The Labute approximate surface area is 644 Å². The van der Waals surface area contributed by atoms with Gasteiger partial charge in [-0.15, -0.1) is 0 Å². The van der Waals surface area contributed by atoms with Crippen molar-refractivity contribution in [1.82, 2.24) is 44.9 Å². The molecule has 10 heteroatoms. The Morgan fingerprint density at radius 1 is 0.126 bits per heavy atom. The van der Waals surface area contributed by atoms with Crippen LogP contribution in [0, 0.1) is 0 Å². The van der Waals surface area contributed by atoms with Crippen LogP contribution in [0.3, 0.4) is 0 Å². The summed E-state index contributed by atoms with van der Waals surface area (Å²) in [5.41, 5.74) is 17.7. The first-order valence-corrected chi connectivity index (χ1v) is 36.8. The maximum absolute atomic E-state index is 4.97. The standard InChI is InChI=1S/C52H34N6.C49H31N3.B/c1-5-13-38(14-6-1)47-53-48(39-15-7-2-8-16-39)56-51(55-47)42-27-21-35(22-28-42)44-31-25-37-26-32-45(34-46(37)33-44)36-23-29-43(30-24-36)52-57-49(40-17-9-3-10-18-40)54-50(58-52)41-19-11-4-12-20-41;1-3-14-34(15-4-1)47-50-48(35-16-5-2-6-17-35)52-49(51-47)36-25-23-33(24-26-36)46-38-18-8-7-13-32(38)27-29-39(46)37-28-30-44-42-21-10-9-19-40(42)41-20-11-12-22-43(41)45(44)31-37;/h1-34H;1-31H;. The molecule has 0 aliphatic heterocycles. The molecule has 111 heavy (non-hydrogen) atoms. The lowest BCUT2D eigenvalue weighted by Crippen LogP contribution is -2.00. The molecule has 0 unspecified atom stereocenters. The number of hydrogen-bond donors (Lipinski definition) is 0. The predicted molar refractivity (Wildman–Crippen MR) is 457 cm³/mol. The van der Waals surface area contributed by atoms with Crippen molar-refractivity contribution in [3.63, 3.8) is 0 Å². The van der Waals surface area contributed by atoms with Crippen LogP contribution in [0.4, 0.5) is 0 Å². The molecule has 0 amide bonds. The maximum atomic E-state index is 4.97. The van der Waals surface area contributed by atoms with Crippen molar-refractivity contribution in [2.24, 2.45) is 0 Å². The quantitative estimate of drug-likeness (QED) is 0.0822. The fourth-order valence-electron chi connectivity index (χ4n) is 14.7. The third kappa shape index (κ3) is 13.8. The van der Waals surface area contributed by atoms with Crippen molar-refractivity contribution in [2.45, 2.75) is 0 Å². The molecule has 3 radical (unpaired) electrons. The molecule has 0 atom stereocenters. The number of aromatic nitrogens is 9.